The van der Waals surface area contributed by atoms with Gasteiger partial charge in [-0.1, -0.05) is 42.5 Å². The fourth-order valence-corrected chi connectivity index (χ4v) is 2.89. The van der Waals surface area contributed by atoms with Crippen molar-refractivity contribution in [2.75, 3.05) is 6.54 Å². The average Bonchev–Trinajstić information content (AvgIpc) is 2.55. The smallest absolute Gasteiger partial charge is 0.224 e. The van der Waals surface area contributed by atoms with Crippen LogP contribution in [0.5, 0.6) is 0 Å². The Hall–Kier alpha value is -2.20. The summed E-state index contributed by atoms with van der Waals surface area (Å²) in [5.74, 6) is -0.257. The lowest BCUT2D eigenvalue weighted by Crippen LogP contribution is -2.37. The van der Waals surface area contributed by atoms with Crippen LogP contribution in [0.4, 0.5) is 4.39 Å². The summed E-state index contributed by atoms with van der Waals surface area (Å²) in [6.07, 6.45) is 0.938. The minimum atomic E-state index is -0.323. The molecular weight excluding hydrogens is 279 g/mol. The molecule has 3 rings (SSSR count). The van der Waals surface area contributed by atoms with Crippen molar-refractivity contribution in [2.45, 2.75) is 25.4 Å². The van der Waals surface area contributed by atoms with E-state index in [9.17, 15) is 9.18 Å². The van der Waals surface area contributed by atoms with Crippen LogP contribution >= 0.6 is 0 Å². The Morgan fingerprint density at radius 3 is 2.73 bits per heavy atom. The van der Waals surface area contributed by atoms with Crippen molar-refractivity contribution >= 4 is 5.91 Å². The van der Waals surface area contributed by atoms with Gasteiger partial charge in [-0.25, -0.2) is 4.39 Å². The summed E-state index contributed by atoms with van der Waals surface area (Å²) in [4.78, 5) is 14.1. The zero-order chi connectivity index (χ0) is 15.5. The van der Waals surface area contributed by atoms with Crippen LogP contribution in [0.1, 0.15) is 29.2 Å². The van der Waals surface area contributed by atoms with Gasteiger partial charge in [0.15, 0.2) is 0 Å². The standard InChI is InChI=1S/C18H19FN2O/c19-16-8-4-7-13-9-10-21(12-15(13)16)18(22)11-17(20)14-5-2-1-3-6-14/h1-8,17H,9-12,20H2. The van der Waals surface area contributed by atoms with Crippen molar-refractivity contribution in [1.29, 1.82) is 0 Å². The zero-order valence-electron chi connectivity index (χ0n) is 12.3. The minimum absolute atomic E-state index is 0.0229. The molecule has 0 spiro atoms. The molecule has 0 bridgehead atoms. The summed E-state index contributed by atoms with van der Waals surface area (Å²) in [6.45, 7) is 0.957. The number of halogens is 1. The van der Waals surface area contributed by atoms with E-state index in [4.69, 9.17) is 5.73 Å². The van der Waals surface area contributed by atoms with Gasteiger partial charge < -0.3 is 10.6 Å². The van der Waals surface area contributed by atoms with Gasteiger partial charge in [-0.15, -0.1) is 0 Å². The van der Waals surface area contributed by atoms with E-state index in [2.05, 4.69) is 0 Å². The van der Waals surface area contributed by atoms with Gasteiger partial charge >= 0.3 is 0 Å². The first kappa shape index (κ1) is 14.7. The minimum Gasteiger partial charge on any atom is -0.338 e. The first-order valence-electron chi connectivity index (χ1n) is 7.49. The molecule has 0 aromatic heterocycles. The van der Waals surface area contributed by atoms with Crippen LogP contribution in [0.15, 0.2) is 48.5 Å². The normalized spacial score (nSPS) is 15.3. The molecule has 0 fully saturated rings. The maximum Gasteiger partial charge on any atom is 0.224 e. The van der Waals surface area contributed by atoms with E-state index in [1.54, 1.807) is 11.0 Å². The van der Waals surface area contributed by atoms with E-state index in [0.29, 0.717) is 25.1 Å². The monoisotopic (exact) mass is 298 g/mol. The lowest BCUT2D eigenvalue weighted by Gasteiger charge is -2.30. The van der Waals surface area contributed by atoms with Crippen molar-refractivity contribution in [3.63, 3.8) is 0 Å². The number of nitrogens with zero attached hydrogens (tertiary/aromatic N) is 1. The van der Waals surface area contributed by atoms with Crippen molar-refractivity contribution < 1.29 is 9.18 Å². The summed E-state index contributed by atoms with van der Waals surface area (Å²) in [6, 6.07) is 14.3. The molecule has 1 aliphatic rings. The summed E-state index contributed by atoms with van der Waals surface area (Å²) in [5, 5.41) is 0. The van der Waals surface area contributed by atoms with E-state index in [1.165, 1.54) is 6.07 Å². The molecule has 4 heteroatoms. The number of carbonyl (C=O) groups excluding carboxylic acids is 1. The third-order valence-corrected chi connectivity index (χ3v) is 4.19. The number of carbonyl (C=O) groups is 1. The first-order chi connectivity index (χ1) is 10.6. The summed E-state index contributed by atoms with van der Waals surface area (Å²) in [7, 11) is 0. The highest BCUT2D eigenvalue weighted by atomic mass is 19.1. The Balaban J connectivity index is 1.68. The first-order valence-corrected chi connectivity index (χ1v) is 7.49. The van der Waals surface area contributed by atoms with Crippen LogP contribution in [0.3, 0.4) is 0 Å². The largest absolute Gasteiger partial charge is 0.338 e. The van der Waals surface area contributed by atoms with Crippen LogP contribution in [0.25, 0.3) is 0 Å². The molecule has 1 atom stereocenters. The van der Waals surface area contributed by atoms with Crippen LogP contribution in [-0.2, 0) is 17.8 Å². The van der Waals surface area contributed by atoms with Crippen molar-refractivity contribution in [3.8, 4) is 0 Å². The Morgan fingerprint density at radius 2 is 1.95 bits per heavy atom. The van der Waals surface area contributed by atoms with Crippen molar-refractivity contribution in [2.24, 2.45) is 5.73 Å². The lowest BCUT2D eigenvalue weighted by molar-refractivity contribution is -0.132. The second-order valence-corrected chi connectivity index (χ2v) is 5.66. The van der Waals surface area contributed by atoms with E-state index in [-0.39, 0.29) is 24.2 Å². The quantitative estimate of drug-likeness (QED) is 0.947. The number of rotatable bonds is 3. The summed E-state index contributed by atoms with van der Waals surface area (Å²) >= 11 is 0. The SMILES string of the molecule is NC(CC(=O)N1CCc2cccc(F)c2C1)c1ccccc1. The highest BCUT2D eigenvalue weighted by Crippen LogP contribution is 2.23. The fraction of sp³-hybridized carbons (Fsp3) is 0.278. The van der Waals surface area contributed by atoms with Crippen molar-refractivity contribution in [3.05, 3.63) is 71.0 Å². The second-order valence-electron chi connectivity index (χ2n) is 5.66. The molecule has 1 amide bonds. The predicted octanol–water partition coefficient (Wildman–Crippen LogP) is 2.80. The van der Waals surface area contributed by atoms with Gasteiger partial charge in [0, 0.05) is 31.1 Å². The number of amides is 1. The Labute approximate surface area is 129 Å². The van der Waals surface area contributed by atoms with E-state index >= 15 is 0 Å². The maximum atomic E-state index is 13.9. The average molecular weight is 298 g/mol. The molecular formula is C18H19FN2O. The van der Waals surface area contributed by atoms with Crippen LogP contribution < -0.4 is 5.73 Å². The van der Waals surface area contributed by atoms with Crippen LogP contribution in [-0.4, -0.2) is 17.4 Å². The van der Waals surface area contributed by atoms with Crippen molar-refractivity contribution in [1.82, 2.24) is 4.90 Å². The molecule has 1 aliphatic heterocycles. The lowest BCUT2D eigenvalue weighted by atomic mass is 9.98. The van der Waals surface area contributed by atoms with Gasteiger partial charge in [-0.3, -0.25) is 4.79 Å². The van der Waals surface area contributed by atoms with E-state index < -0.39 is 0 Å². The number of nitrogens with two attached hydrogens (primary N) is 1. The molecule has 114 valence electrons. The summed E-state index contributed by atoms with van der Waals surface area (Å²) in [5.41, 5.74) is 8.68. The van der Waals surface area contributed by atoms with Crippen LogP contribution in [0, 0.1) is 5.82 Å². The highest BCUT2D eigenvalue weighted by Gasteiger charge is 2.24. The number of hydrogen-bond donors (Lipinski definition) is 1. The van der Waals surface area contributed by atoms with Gasteiger partial charge in [0.1, 0.15) is 5.82 Å². The molecule has 0 aliphatic carbocycles. The molecule has 2 aromatic carbocycles. The maximum absolute atomic E-state index is 13.9. The number of fused-ring (bicyclic) bond motifs is 1. The molecule has 2 aromatic rings. The predicted molar refractivity (Wildman–Crippen MR) is 83.5 cm³/mol. The second kappa shape index (κ2) is 6.28. The molecule has 1 heterocycles. The molecule has 0 saturated heterocycles. The molecule has 3 nitrogen and oxygen atoms in total. The van der Waals surface area contributed by atoms with E-state index in [1.807, 2.05) is 36.4 Å². The topological polar surface area (TPSA) is 46.3 Å². The number of hydrogen-bond acceptors (Lipinski definition) is 2. The fourth-order valence-electron chi connectivity index (χ4n) is 2.89. The molecule has 22 heavy (non-hydrogen) atoms. The third kappa shape index (κ3) is 3.02. The van der Waals surface area contributed by atoms with Gasteiger partial charge in [0.2, 0.25) is 5.91 Å². The van der Waals surface area contributed by atoms with Gasteiger partial charge in [-0.2, -0.15) is 0 Å². The van der Waals surface area contributed by atoms with Gasteiger partial charge in [-0.05, 0) is 23.6 Å². The zero-order valence-corrected chi connectivity index (χ0v) is 12.3. The third-order valence-electron chi connectivity index (χ3n) is 4.19. The highest BCUT2D eigenvalue weighted by molar-refractivity contribution is 5.77. The van der Waals surface area contributed by atoms with E-state index in [0.717, 1.165) is 11.1 Å². The Kier molecular flexibility index (Phi) is 4.20. The van der Waals surface area contributed by atoms with Gasteiger partial charge in [0.05, 0.1) is 0 Å². The summed E-state index contributed by atoms with van der Waals surface area (Å²) < 4.78 is 13.9. The van der Waals surface area contributed by atoms with Crippen LogP contribution in [0.2, 0.25) is 0 Å². The molecule has 1 unspecified atom stereocenters. The number of benzene rings is 2. The molecule has 0 saturated carbocycles. The Morgan fingerprint density at radius 1 is 1.18 bits per heavy atom. The molecule has 2 N–H and O–H groups in total. The molecule has 0 radical (unpaired) electrons. The Bertz CT molecular complexity index is 672. The van der Waals surface area contributed by atoms with Gasteiger partial charge in [0.25, 0.3) is 0 Å².